The third-order valence-corrected chi connectivity index (χ3v) is 3.82. The summed E-state index contributed by atoms with van der Waals surface area (Å²) in [5.74, 6) is -0.547. The predicted octanol–water partition coefficient (Wildman–Crippen LogP) is 2.45. The van der Waals surface area contributed by atoms with E-state index in [0.29, 0.717) is 12.3 Å². The molecule has 1 aromatic carbocycles. The fourth-order valence-corrected chi connectivity index (χ4v) is 2.55. The van der Waals surface area contributed by atoms with Crippen LogP contribution >= 0.6 is 0 Å². The number of carbonyl (C=O) groups excluding carboxylic acids is 1. The highest BCUT2D eigenvalue weighted by atomic mass is 19.1. The minimum absolute atomic E-state index is 0.0202. The van der Waals surface area contributed by atoms with Crippen molar-refractivity contribution in [2.45, 2.75) is 32.2 Å². The molecule has 1 amide bonds. The van der Waals surface area contributed by atoms with E-state index in [2.05, 4.69) is 17.6 Å². The van der Waals surface area contributed by atoms with Crippen LogP contribution in [0.1, 0.15) is 26.2 Å². The molecule has 1 saturated heterocycles. The molecule has 0 aliphatic carbocycles. The zero-order valence-electron chi connectivity index (χ0n) is 11.8. The van der Waals surface area contributed by atoms with Crippen molar-refractivity contribution in [3.63, 3.8) is 0 Å². The fraction of sp³-hybridized carbons (Fsp3) is 0.500. The van der Waals surface area contributed by atoms with Gasteiger partial charge in [0.2, 0.25) is 5.91 Å². The van der Waals surface area contributed by atoms with Gasteiger partial charge in [0.05, 0.1) is 17.0 Å². The van der Waals surface area contributed by atoms with E-state index in [1.165, 1.54) is 6.07 Å². The topological polar surface area (TPSA) is 84.3 Å². The van der Waals surface area contributed by atoms with Gasteiger partial charge >= 0.3 is 0 Å². The highest BCUT2D eigenvalue weighted by Gasteiger charge is 2.27. The Bertz CT molecular complexity index is 550. The van der Waals surface area contributed by atoms with Crippen LogP contribution in [0.3, 0.4) is 0 Å². The van der Waals surface area contributed by atoms with Gasteiger partial charge in [-0.3, -0.25) is 14.9 Å². The number of hydrogen-bond donors (Lipinski definition) is 2. The molecule has 21 heavy (non-hydrogen) atoms. The molecule has 114 valence electrons. The van der Waals surface area contributed by atoms with Gasteiger partial charge in [0.1, 0.15) is 11.5 Å². The number of nitro groups is 1. The molecule has 1 aromatic rings. The minimum Gasteiger partial charge on any atom is -0.319 e. The van der Waals surface area contributed by atoms with Crippen LogP contribution in [0.5, 0.6) is 0 Å². The molecule has 0 saturated carbocycles. The van der Waals surface area contributed by atoms with Crippen LogP contribution in [0.15, 0.2) is 18.2 Å². The number of anilines is 1. The number of nitro benzene ring substituents is 1. The Kier molecular flexibility index (Phi) is 4.85. The van der Waals surface area contributed by atoms with E-state index in [4.69, 9.17) is 0 Å². The molecule has 0 aromatic heterocycles. The van der Waals surface area contributed by atoms with E-state index < -0.39 is 16.4 Å². The van der Waals surface area contributed by atoms with E-state index >= 15 is 0 Å². The third kappa shape index (κ3) is 3.75. The van der Waals surface area contributed by atoms with Crippen molar-refractivity contribution >= 4 is 17.3 Å². The van der Waals surface area contributed by atoms with E-state index in [1.54, 1.807) is 0 Å². The third-order valence-electron chi connectivity index (χ3n) is 3.82. The second kappa shape index (κ2) is 6.62. The van der Waals surface area contributed by atoms with Gasteiger partial charge < -0.3 is 10.6 Å². The molecule has 2 unspecified atom stereocenters. The first-order valence-electron chi connectivity index (χ1n) is 6.99. The Labute approximate surface area is 121 Å². The predicted molar refractivity (Wildman–Crippen MR) is 76.5 cm³/mol. The van der Waals surface area contributed by atoms with E-state index in [1.807, 2.05) is 0 Å². The average molecular weight is 295 g/mol. The molecule has 1 heterocycles. The van der Waals surface area contributed by atoms with E-state index in [-0.39, 0.29) is 17.6 Å². The van der Waals surface area contributed by atoms with Gasteiger partial charge in [-0.2, -0.15) is 0 Å². The zero-order valence-corrected chi connectivity index (χ0v) is 11.8. The van der Waals surface area contributed by atoms with Gasteiger partial charge in [0, 0.05) is 0 Å². The van der Waals surface area contributed by atoms with Crippen molar-refractivity contribution in [3.8, 4) is 0 Å². The molecule has 1 fully saturated rings. The van der Waals surface area contributed by atoms with Gasteiger partial charge in [-0.1, -0.05) is 13.3 Å². The summed E-state index contributed by atoms with van der Waals surface area (Å²) >= 11 is 0. The Morgan fingerprint density at radius 3 is 3.00 bits per heavy atom. The van der Waals surface area contributed by atoms with Crippen molar-refractivity contribution in [2.24, 2.45) is 5.92 Å². The second-order valence-electron chi connectivity index (χ2n) is 5.21. The van der Waals surface area contributed by atoms with Crippen LogP contribution in [0.2, 0.25) is 0 Å². The highest BCUT2D eigenvalue weighted by molar-refractivity contribution is 5.96. The molecule has 0 bridgehead atoms. The largest absolute Gasteiger partial charge is 0.319 e. The summed E-state index contributed by atoms with van der Waals surface area (Å²) in [6, 6.07) is 2.74. The Morgan fingerprint density at radius 1 is 1.57 bits per heavy atom. The first-order chi connectivity index (χ1) is 10.0. The molecule has 2 N–H and O–H groups in total. The summed E-state index contributed by atoms with van der Waals surface area (Å²) < 4.78 is 13.1. The molecule has 1 aliphatic heterocycles. The number of hydrogen-bond acceptors (Lipinski definition) is 4. The van der Waals surface area contributed by atoms with E-state index in [0.717, 1.165) is 31.5 Å². The number of rotatable bonds is 4. The van der Waals surface area contributed by atoms with Gasteiger partial charge in [0.25, 0.3) is 5.69 Å². The average Bonchev–Trinajstić information content (AvgIpc) is 2.48. The van der Waals surface area contributed by atoms with Crippen molar-refractivity contribution in [1.82, 2.24) is 5.32 Å². The molecule has 2 atom stereocenters. The van der Waals surface area contributed by atoms with Crippen molar-refractivity contribution in [1.29, 1.82) is 0 Å². The lowest BCUT2D eigenvalue weighted by Gasteiger charge is -2.28. The molecule has 0 radical (unpaired) electrons. The normalized spacial score (nSPS) is 21.8. The Morgan fingerprint density at radius 2 is 2.33 bits per heavy atom. The SMILES string of the molecule is CCC1CCNC(C(=O)Nc2ccc(F)cc2[N+](=O)[O-])C1. The van der Waals surface area contributed by atoms with Crippen LogP contribution in [0.25, 0.3) is 0 Å². The minimum atomic E-state index is -0.707. The molecule has 1 aliphatic rings. The number of carbonyl (C=O) groups is 1. The smallest absolute Gasteiger partial charge is 0.295 e. The molecule has 6 nitrogen and oxygen atoms in total. The van der Waals surface area contributed by atoms with Crippen molar-refractivity contribution < 1.29 is 14.1 Å². The zero-order chi connectivity index (χ0) is 15.4. The Balaban J connectivity index is 2.11. The maximum Gasteiger partial charge on any atom is 0.295 e. The lowest BCUT2D eigenvalue weighted by atomic mass is 9.90. The molecule has 0 spiro atoms. The summed E-state index contributed by atoms with van der Waals surface area (Å²) in [5, 5.41) is 16.5. The lowest BCUT2D eigenvalue weighted by Crippen LogP contribution is -2.46. The van der Waals surface area contributed by atoms with Crippen LogP contribution in [0.4, 0.5) is 15.8 Å². The molecule has 2 rings (SSSR count). The quantitative estimate of drug-likeness (QED) is 0.660. The molecule has 7 heteroatoms. The van der Waals surface area contributed by atoms with Crippen LogP contribution in [-0.4, -0.2) is 23.4 Å². The first-order valence-corrected chi connectivity index (χ1v) is 6.99. The van der Waals surface area contributed by atoms with Gasteiger partial charge in [-0.05, 0) is 37.4 Å². The van der Waals surface area contributed by atoms with Crippen molar-refractivity contribution in [2.75, 3.05) is 11.9 Å². The molecular weight excluding hydrogens is 277 g/mol. The maximum absolute atomic E-state index is 13.1. The van der Waals surface area contributed by atoms with Crippen LogP contribution < -0.4 is 10.6 Å². The van der Waals surface area contributed by atoms with Crippen molar-refractivity contribution in [3.05, 3.63) is 34.1 Å². The first kappa shape index (κ1) is 15.4. The van der Waals surface area contributed by atoms with Crippen LogP contribution in [0, 0.1) is 21.8 Å². The lowest BCUT2D eigenvalue weighted by molar-refractivity contribution is -0.384. The Hall–Kier alpha value is -2.02. The number of nitrogens with zero attached hydrogens (tertiary/aromatic N) is 1. The highest BCUT2D eigenvalue weighted by Crippen LogP contribution is 2.26. The second-order valence-corrected chi connectivity index (χ2v) is 5.21. The standard InChI is InChI=1S/C14H18FN3O3/c1-2-9-5-6-16-12(7-9)14(19)17-11-4-3-10(15)8-13(11)18(20)21/h3-4,8-9,12,16H,2,5-7H2,1H3,(H,17,19). The maximum atomic E-state index is 13.1. The number of benzene rings is 1. The number of halogens is 1. The van der Waals surface area contributed by atoms with E-state index in [9.17, 15) is 19.3 Å². The monoisotopic (exact) mass is 295 g/mol. The van der Waals surface area contributed by atoms with Gasteiger partial charge in [-0.15, -0.1) is 0 Å². The number of nitrogens with one attached hydrogen (secondary N) is 2. The van der Waals surface area contributed by atoms with Crippen LogP contribution in [-0.2, 0) is 4.79 Å². The summed E-state index contributed by atoms with van der Waals surface area (Å²) in [6.45, 7) is 2.83. The summed E-state index contributed by atoms with van der Waals surface area (Å²) in [4.78, 5) is 22.4. The fourth-order valence-electron chi connectivity index (χ4n) is 2.55. The van der Waals surface area contributed by atoms with Gasteiger partial charge in [0.15, 0.2) is 0 Å². The summed E-state index contributed by atoms with van der Waals surface area (Å²) in [5.41, 5.74) is -0.418. The number of amides is 1. The molecular formula is C14H18FN3O3. The number of piperidine rings is 1. The summed E-state index contributed by atoms with van der Waals surface area (Å²) in [6.07, 6.45) is 2.73. The summed E-state index contributed by atoms with van der Waals surface area (Å²) in [7, 11) is 0. The van der Waals surface area contributed by atoms with Gasteiger partial charge in [-0.25, -0.2) is 4.39 Å².